The van der Waals surface area contributed by atoms with Gasteiger partial charge >= 0.3 is 0 Å². The van der Waals surface area contributed by atoms with Crippen LogP contribution in [0.25, 0.3) is 0 Å². The van der Waals surface area contributed by atoms with Crippen molar-refractivity contribution in [1.29, 1.82) is 0 Å². The van der Waals surface area contributed by atoms with E-state index in [1.54, 1.807) is 0 Å². The summed E-state index contributed by atoms with van der Waals surface area (Å²) in [6, 6.07) is 14.0. The first-order chi connectivity index (χ1) is 14.7. The van der Waals surface area contributed by atoms with Gasteiger partial charge in [-0.15, -0.1) is 0 Å². The van der Waals surface area contributed by atoms with E-state index >= 15 is 0 Å². The van der Waals surface area contributed by atoms with Crippen molar-refractivity contribution in [2.24, 2.45) is 0 Å². The van der Waals surface area contributed by atoms with Gasteiger partial charge in [-0.2, -0.15) is 0 Å². The molecule has 2 aromatic carbocycles. The van der Waals surface area contributed by atoms with Gasteiger partial charge in [0.2, 0.25) is 0 Å². The van der Waals surface area contributed by atoms with Crippen molar-refractivity contribution in [2.45, 2.75) is 78.6 Å². The van der Waals surface area contributed by atoms with Crippen LogP contribution < -0.4 is 9.47 Å². The number of hydrogen-bond donors (Lipinski definition) is 0. The number of ketones is 1. The van der Waals surface area contributed by atoms with Gasteiger partial charge in [0.25, 0.3) is 0 Å². The molecule has 0 aliphatic heterocycles. The molecule has 0 aromatic heterocycles. The van der Waals surface area contributed by atoms with E-state index in [0.717, 1.165) is 54.9 Å². The summed E-state index contributed by atoms with van der Waals surface area (Å²) in [7, 11) is 0. The van der Waals surface area contributed by atoms with Crippen LogP contribution in [0.15, 0.2) is 42.5 Å². The van der Waals surface area contributed by atoms with E-state index in [2.05, 4.69) is 39.0 Å². The van der Waals surface area contributed by atoms with E-state index in [-0.39, 0.29) is 5.78 Å². The number of carbonyl (C=O) groups excluding carboxylic acids is 1. The quantitative estimate of drug-likeness (QED) is 0.230. The summed E-state index contributed by atoms with van der Waals surface area (Å²) in [6.45, 7) is 7.96. The fourth-order valence-electron chi connectivity index (χ4n) is 3.42. The smallest absolute Gasteiger partial charge is 0.163 e. The Bertz CT molecular complexity index is 766. The van der Waals surface area contributed by atoms with Crippen LogP contribution in [-0.4, -0.2) is 19.0 Å². The fraction of sp³-hybridized carbons (Fsp3) is 0.519. The summed E-state index contributed by atoms with van der Waals surface area (Å²) >= 11 is 0. The molecule has 30 heavy (non-hydrogen) atoms. The number of rotatable bonds is 15. The molecule has 0 radical (unpaired) electrons. The van der Waals surface area contributed by atoms with E-state index in [4.69, 9.17) is 9.47 Å². The van der Waals surface area contributed by atoms with E-state index < -0.39 is 0 Å². The largest absolute Gasteiger partial charge is 0.494 e. The Morgan fingerprint density at radius 2 is 1.57 bits per heavy atom. The average molecular weight is 411 g/mol. The average Bonchev–Trinajstić information content (AvgIpc) is 2.78. The summed E-state index contributed by atoms with van der Waals surface area (Å²) in [5, 5.41) is 0. The lowest BCUT2D eigenvalue weighted by molar-refractivity contribution is 0.0982. The van der Waals surface area contributed by atoms with Crippen LogP contribution in [0.5, 0.6) is 11.5 Å². The molecule has 0 amide bonds. The maximum atomic E-state index is 12.8. The Kier molecular flexibility index (Phi) is 11.1. The molecule has 0 N–H and O–H groups in total. The first kappa shape index (κ1) is 24.0. The zero-order valence-electron chi connectivity index (χ0n) is 19.0. The molecule has 3 nitrogen and oxygen atoms in total. The van der Waals surface area contributed by atoms with Crippen molar-refractivity contribution < 1.29 is 14.3 Å². The molecule has 0 bridgehead atoms. The molecule has 2 rings (SSSR count). The number of hydrogen-bond acceptors (Lipinski definition) is 3. The Labute approximate surface area is 182 Å². The molecular formula is C27H38O3. The second kappa shape index (κ2) is 13.8. The summed E-state index contributed by atoms with van der Waals surface area (Å²) in [6.07, 6.45) is 8.95. The zero-order chi connectivity index (χ0) is 21.6. The third kappa shape index (κ3) is 8.22. The summed E-state index contributed by atoms with van der Waals surface area (Å²) < 4.78 is 11.8. The fourth-order valence-corrected chi connectivity index (χ4v) is 3.42. The molecule has 0 unspecified atom stereocenters. The van der Waals surface area contributed by atoms with Gasteiger partial charge in [0.1, 0.15) is 11.5 Å². The Balaban J connectivity index is 1.97. The third-order valence-corrected chi connectivity index (χ3v) is 5.33. The molecular weight excluding hydrogens is 372 g/mol. The number of Topliss-reactive ketones (excluding diaryl/α,β-unsaturated/α-hetero) is 1. The van der Waals surface area contributed by atoms with E-state index in [1.165, 1.54) is 24.8 Å². The lowest BCUT2D eigenvalue weighted by Crippen LogP contribution is -2.05. The van der Waals surface area contributed by atoms with Crippen LogP contribution in [0, 0.1) is 0 Å². The van der Waals surface area contributed by atoms with Gasteiger partial charge < -0.3 is 9.47 Å². The minimum Gasteiger partial charge on any atom is -0.494 e. The van der Waals surface area contributed by atoms with Crippen molar-refractivity contribution in [2.75, 3.05) is 13.2 Å². The normalized spacial score (nSPS) is 10.8. The summed E-state index contributed by atoms with van der Waals surface area (Å²) in [5.41, 5.74) is 3.13. The van der Waals surface area contributed by atoms with Crippen molar-refractivity contribution in [1.82, 2.24) is 0 Å². The SMILES string of the molecule is CCCCCOc1cccc(C(=O)CCc2cc(CC)ccc2OCCCCC)c1. The highest BCUT2D eigenvalue weighted by molar-refractivity contribution is 5.96. The van der Waals surface area contributed by atoms with Gasteiger partial charge in [-0.05, 0) is 55.0 Å². The predicted octanol–water partition coefficient (Wildman–Crippen LogP) is 7.20. The number of unbranched alkanes of at least 4 members (excludes halogenated alkanes) is 4. The second-order valence-electron chi connectivity index (χ2n) is 7.86. The van der Waals surface area contributed by atoms with Crippen molar-refractivity contribution in [3.8, 4) is 11.5 Å². The second-order valence-corrected chi connectivity index (χ2v) is 7.86. The maximum Gasteiger partial charge on any atom is 0.163 e. The third-order valence-electron chi connectivity index (χ3n) is 5.33. The number of aryl methyl sites for hydroxylation is 2. The van der Waals surface area contributed by atoms with Crippen molar-refractivity contribution in [3.05, 3.63) is 59.2 Å². The number of ether oxygens (including phenoxy) is 2. The first-order valence-electron chi connectivity index (χ1n) is 11.7. The van der Waals surface area contributed by atoms with Crippen LogP contribution in [-0.2, 0) is 12.8 Å². The molecule has 0 atom stereocenters. The number of carbonyl (C=O) groups is 1. The highest BCUT2D eigenvalue weighted by atomic mass is 16.5. The minimum absolute atomic E-state index is 0.146. The highest BCUT2D eigenvalue weighted by Gasteiger charge is 2.11. The van der Waals surface area contributed by atoms with Crippen molar-refractivity contribution >= 4 is 5.78 Å². The van der Waals surface area contributed by atoms with Crippen LogP contribution in [0.3, 0.4) is 0 Å². The van der Waals surface area contributed by atoms with Gasteiger partial charge in [0.05, 0.1) is 13.2 Å². The van der Waals surface area contributed by atoms with Gasteiger partial charge in [0, 0.05) is 12.0 Å². The molecule has 0 heterocycles. The van der Waals surface area contributed by atoms with Crippen molar-refractivity contribution in [3.63, 3.8) is 0 Å². The van der Waals surface area contributed by atoms with Gasteiger partial charge in [-0.25, -0.2) is 0 Å². The Morgan fingerprint density at radius 1 is 0.833 bits per heavy atom. The topological polar surface area (TPSA) is 35.5 Å². The highest BCUT2D eigenvalue weighted by Crippen LogP contribution is 2.24. The van der Waals surface area contributed by atoms with E-state index in [1.807, 2.05) is 24.3 Å². The standard InChI is InChI=1S/C27H38O3/c1-4-7-9-18-29-25-13-11-12-23(21-25)26(28)16-15-24-20-22(6-3)14-17-27(24)30-19-10-8-5-2/h11-14,17,20-21H,4-10,15-16,18-19H2,1-3H3. The monoisotopic (exact) mass is 410 g/mol. The molecule has 0 spiro atoms. The van der Waals surface area contributed by atoms with Gasteiger partial charge in [-0.1, -0.05) is 70.7 Å². The minimum atomic E-state index is 0.146. The lowest BCUT2D eigenvalue weighted by atomic mass is 9.99. The summed E-state index contributed by atoms with van der Waals surface area (Å²) in [4.78, 5) is 12.8. The molecule has 0 aliphatic rings. The van der Waals surface area contributed by atoms with Crippen LogP contribution in [0.4, 0.5) is 0 Å². The van der Waals surface area contributed by atoms with Gasteiger partial charge in [0.15, 0.2) is 5.78 Å². The number of benzene rings is 2. The predicted molar refractivity (Wildman–Crippen MR) is 125 cm³/mol. The molecule has 164 valence electrons. The molecule has 0 saturated heterocycles. The molecule has 0 aliphatic carbocycles. The lowest BCUT2D eigenvalue weighted by Gasteiger charge is -2.13. The van der Waals surface area contributed by atoms with Crippen LogP contribution in [0.2, 0.25) is 0 Å². The van der Waals surface area contributed by atoms with Crippen LogP contribution in [0.1, 0.15) is 87.2 Å². The zero-order valence-corrected chi connectivity index (χ0v) is 19.0. The molecule has 3 heteroatoms. The van der Waals surface area contributed by atoms with Gasteiger partial charge in [-0.3, -0.25) is 4.79 Å². The van der Waals surface area contributed by atoms with E-state index in [9.17, 15) is 4.79 Å². The van der Waals surface area contributed by atoms with Crippen LogP contribution >= 0.6 is 0 Å². The Hall–Kier alpha value is -2.29. The molecule has 2 aromatic rings. The molecule has 0 fully saturated rings. The van der Waals surface area contributed by atoms with E-state index in [0.29, 0.717) is 19.4 Å². The molecule has 0 saturated carbocycles. The summed E-state index contributed by atoms with van der Waals surface area (Å²) in [5.74, 6) is 1.85. The Morgan fingerprint density at radius 3 is 2.27 bits per heavy atom. The first-order valence-corrected chi connectivity index (χ1v) is 11.7. The maximum absolute atomic E-state index is 12.8.